The second-order valence-corrected chi connectivity index (χ2v) is 3.58. The van der Waals surface area contributed by atoms with Crippen LogP contribution in [0, 0.1) is 0 Å². The topological polar surface area (TPSA) is 86.5 Å². The van der Waals surface area contributed by atoms with Crippen molar-refractivity contribution >= 4 is 22.6 Å². The first-order valence-corrected chi connectivity index (χ1v) is 5.08. The van der Waals surface area contributed by atoms with Gasteiger partial charge in [-0.15, -0.1) is 5.10 Å². The molecule has 0 saturated heterocycles. The maximum absolute atomic E-state index is 11.9. The number of aromatic nitrogens is 4. The summed E-state index contributed by atoms with van der Waals surface area (Å²) in [6, 6.07) is 9.50. The average Bonchev–Trinajstić information content (AvgIpc) is 2.96. The summed E-state index contributed by atoms with van der Waals surface area (Å²) < 4.78 is 0. The van der Waals surface area contributed by atoms with Gasteiger partial charge in [0.25, 0.3) is 5.91 Å². The molecule has 1 aromatic carbocycles. The lowest BCUT2D eigenvalue weighted by Gasteiger charge is -1.96. The number of aromatic amines is 2. The Morgan fingerprint density at radius 2 is 2.18 bits per heavy atom. The van der Waals surface area contributed by atoms with Crippen molar-refractivity contribution in [3.05, 3.63) is 42.2 Å². The van der Waals surface area contributed by atoms with Crippen molar-refractivity contribution < 1.29 is 4.79 Å². The first-order chi connectivity index (χ1) is 8.33. The maximum Gasteiger partial charge on any atom is 0.273 e. The van der Waals surface area contributed by atoms with Crippen LogP contribution < -0.4 is 5.32 Å². The van der Waals surface area contributed by atoms with Gasteiger partial charge in [0.2, 0.25) is 0 Å². The van der Waals surface area contributed by atoms with Gasteiger partial charge in [-0.2, -0.15) is 0 Å². The lowest BCUT2D eigenvalue weighted by atomic mass is 10.2. The third kappa shape index (κ3) is 1.76. The highest BCUT2D eigenvalue weighted by Crippen LogP contribution is 2.15. The summed E-state index contributed by atoms with van der Waals surface area (Å²) >= 11 is 0. The Labute approximate surface area is 96.0 Å². The number of nitrogens with one attached hydrogen (secondary N) is 3. The van der Waals surface area contributed by atoms with Gasteiger partial charge in [-0.1, -0.05) is 23.4 Å². The monoisotopic (exact) mass is 227 g/mol. The van der Waals surface area contributed by atoms with E-state index in [1.165, 1.54) is 6.20 Å². The Balaban J connectivity index is 1.90. The minimum atomic E-state index is -0.241. The van der Waals surface area contributed by atoms with Crippen molar-refractivity contribution in [2.45, 2.75) is 0 Å². The molecule has 6 heteroatoms. The number of fused-ring (bicyclic) bond motifs is 1. The van der Waals surface area contributed by atoms with Crippen molar-refractivity contribution in [3.8, 4) is 0 Å². The Kier molecular flexibility index (Phi) is 2.11. The standard InChI is InChI=1S/C11H9N5O/c17-11(14-10-6-12-16-15-10)9-5-7-3-1-2-4-8(7)13-9/h1-6,13H,(H2,12,14,15,16,17). The zero-order valence-electron chi connectivity index (χ0n) is 8.77. The quantitative estimate of drug-likeness (QED) is 0.620. The third-order valence-corrected chi connectivity index (χ3v) is 2.43. The number of rotatable bonds is 2. The highest BCUT2D eigenvalue weighted by Gasteiger charge is 2.10. The molecule has 84 valence electrons. The summed E-state index contributed by atoms with van der Waals surface area (Å²) in [5, 5.41) is 13.3. The molecule has 3 rings (SSSR count). The SMILES string of the molecule is O=C(Nc1c[nH]nn1)c1cc2ccccc2[nH]1. The average molecular weight is 227 g/mol. The molecule has 0 fully saturated rings. The van der Waals surface area contributed by atoms with Gasteiger partial charge in [0.05, 0.1) is 6.20 Å². The molecule has 2 aromatic heterocycles. The molecule has 2 heterocycles. The molecule has 0 saturated carbocycles. The van der Waals surface area contributed by atoms with E-state index in [1.54, 1.807) is 6.07 Å². The molecule has 0 spiro atoms. The molecule has 3 N–H and O–H groups in total. The molecule has 0 aliphatic carbocycles. The molecule has 3 aromatic rings. The summed E-state index contributed by atoms with van der Waals surface area (Å²) in [7, 11) is 0. The van der Waals surface area contributed by atoms with Crippen molar-refractivity contribution in [2.24, 2.45) is 0 Å². The van der Waals surface area contributed by atoms with Crippen molar-refractivity contribution in [1.82, 2.24) is 20.4 Å². The Morgan fingerprint density at radius 3 is 2.94 bits per heavy atom. The van der Waals surface area contributed by atoms with Crippen LogP contribution in [0.5, 0.6) is 0 Å². The van der Waals surface area contributed by atoms with E-state index in [0.29, 0.717) is 11.5 Å². The molecule has 17 heavy (non-hydrogen) atoms. The predicted octanol–water partition coefficient (Wildman–Crippen LogP) is 1.54. The summed E-state index contributed by atoms with van der Waals surface area (Å²) in [5.41, 5.74) is 1.42. The number of carbonyl (C=O) groups is 1. The molecule has 0 bridgehead atoms. The van der Waals surface area contributed by atoms with E-state index >= 15 is 0 Å². The normalized spacial score (nSPS) is 10.6. The molecule has 6 nitrogen and oxygen atoms in total. The first kappa shape index (κ1) is 9.59. The minimum Gasteiger partial charge on any atom is -0.351 e. The molecule has 0 aliphatic rings. The van der Waals surface area contributed by atoms with Crippen molar-refractivity contribution in [2.75, 3.05) is 5.32 Å². The lowest BCUT2D eigenvalue weighted by molar-refractivity contribution is 0.102. The van der Waals surface area contributed by atoms with Gasteiger partial charge in [0, 0.05) is 10.9 Å². The number of carbonyl (C=O) groups excluding carboxylic acids is 1. The third-order valence-electron chi connectivity index (χ3n) is 2.43. The van der Waals surface area contributed by atoms with E-state index in [2.05, 4.69) is 25.7 Å². The van der Waals surface area contributed by atoms with Crippen LogP contribution in [0.2, 0.25) is 0 Å². The van der Waals surface area contributed by atoms with Crippen LogP contribution in [0.4, 0.5) is 5.82 Å². The number of anilines is 1. The molecule has 1 amide bonds. The molecule has 0 aliphatic heterocycles. The lowest BCUT2D eigenvalue weighted by Crippen LogP contribution is -2.12. The van der Waals surface area contributed by atoms with Gasteiger partial charge >= 0.3 is 0 Å². The summed E-state index contributed by atoms with van der Waals surface area (Å²) in [5.74, 6) is 0.156. The Hall–Kier alpha value is -2.63. The summed E-state index contributed by atoms with van der Waals surface area (Å²) in [6.45, 7) is 0. The number of amides is 1. The fourth-order valence-electron chi connectivity index (χ4n) is 1.64. The molecule has 0 unspecified atom stereocenters. The number of para-hydroxylation sites is 1. The second kappa shape index (κ2) is 3.75. The first-order valence-electron chi connectivity index (χ1n) is 5.08. The zero-order chi connectivity index (χ0) is 11.7. The van der Waals surface area contributed by atoms with Crippen LogP contribution >= 0.6 is 0 Å². The van der Waals surface area contributed by atoms with Crippen molar-refractivity contribution in [3.63, 3.8) is 0 Å². The van der Waals surface area contributed by atoms with Gasteiger partial charge in [-0.3, -0.25) is 9.89 Å². The minimum absolute atomic E-state index is 0.241. The van der Waals surface area contributed by atoms with E-state index in [9.17, 15) is 4.79 Å². The Bertz CT molecular complexity index is 622. The van der Waals surface area contributed by atoms with Gasteiger partial charge < -0.3 is 10.3 Å². The smallest absolute Gasteiger partial charge is 0.273 e. The fourth-order valence-corrected chi connectivity index (χ4v) is 1.64. The van der Waals surface area contributed by atoms with Crippen LogP contribution in [-0.4, -0.2) is 26.3 Å². The van der Waals surface area contributed by atoms with Crippen LogP contribution in [0.1, 0.15) is 10.5 Å². The summed E-state index contributed by atoms with van der Waals surface area (Å²) in [6.07, 6.45) is 1.51. The molecular weight excluding hydrogens is 218 g/mol. The van der Waals surface area contributed by atoms with Crippen LogP contribution in [0.3, 0.4) is 0 Å². The van der Waals surface area contributed by atoms with E-state index in [4.69, 9.17) is 0 Å². The number of hydrogen-bond donors (Lipinski definition) is 3. The molecule has 0 radical (unpaired) electrons. The van der Waals surface area contributed by atoms with Crippen LogP contribution in [0.25, 0.3) is 10.9 Å². The highest BCUT2D eigenvalue weighted by molar-refractivity contribution is 6.05. The molecular formula is C11H9N5O. The Morgan fingerprint density at radius 1 is 1.29 bits per heavy atom. The highest BCUT2D eigenvalue weighted by atomic mass is 16.2. The van der Waals surface area contributed by atoms with Crippen LogP contribution in [-0.2, 0) is 0 Å². The van der Waals surface area contributed by atoms with E-state index in [0.717, 1.165) is 10.9 Å². The van der Waals surface area contributed by atoms with Gasteiger partial charge in [0.1, 0.15) is 5.69 Å². The van der Waals surface area contributed by atoms with Crippen molar-refractivity contribution in [1.29, 1.82) is 0 Å². The van der Waals surface area contributed by atoms with Crippen LogP contribution in [0.15, 0.2) is 36.5 Å². The van der Waals surface area contributed by atoms with Gasteiger partial charge in [0.15, 0.2) is 5.82 Å². The van der Waals surface area contributed by atoms with E-state index in [-0.39, 0.29) is 5.91 Å². The summed E-state index contributed by atoms with van der Waals surface area (Å²) in [4.78, 5) is 14.9. The largest absolute Gasteiger partial charge is 0.351 e. The number of benzene rings is 1. The second-order valence-electron chi connectivity index (χ2n) is 3.58. The van der Waals surface area contributed by atoms with Gasteiger partial charge in [-0.25, -0.2) is 0 Å². The fraction of sp³-hybridized carbons (Fsp3) is 0. The van der Waals surface area contributed by atoms with Gasteiger partial charge in [-0.05, 0) is 12.1 Å². The maximum atomic E-state index is 11.9. The number of H-pyrrole nitrogens is 2. The predicted molar refractivity (Wildman–Crippen MR) is 62.6 cm³/mol. The number of hydrogen-bond acceptors (Lipinski definition) is 3. The molecule has 0 atom stereocenters. The van der Waals surface area contributed by atoms with E-state index < -0.39 is 0 Å². The van der Waals surface area contributed by atoms with E-state index in [1.807, 2.05) is 24.3 Å². The zero-order valence-corrected chi connectivity index (χ0v) is 8.77. The number of nitrogens with zero attached hydrogens (tertiary/aromatic N) is 2.